The van der Waals surface area contributed by atoms with Crippen LogP contribution in [0.4, 0.5) is 0 Å². The van der Waals surface area contributed by atoms with Gasteiger partial charge < -0.3 is 14.9 Å². The van der Waals surface area contributed by atoms with Crippen LogP contribution >= 0.6 is 0 Å². The number of aromatic carboxylic acids is 1. The average Bonchev–Trinajstić information content (AvgIpc) is 2.96. The molecule has 5 aliphatic rings. The Bertz CT molecular complexity index is 1510. The van der Waals surface area contributed by atoms with E-state index in [1.54, 1.807) is 12.1 Å². The molecule has 0 bridgehead atoms. The molecule has 6 rings (SSSR count). The number of fused-ring (bicyclic) bond motifs is 7. The molecule has 0 aliphatic heterocycles. The lowest BCUT2D eigenvalue weighted by Crippen LogP contribution is -2.66. The van der Waals surface area contributed by atoms with Crippen molar-refractivity contribution in [2.45, 2.75) is 112 Å². The molecule has 0 heterocycles. The maximum atomic E-state index is 14.6. The summed E-state index contributed by atoms with van der Waals surface area (Å²) in [7, 11) is 0. The van der Waals surface area contributed by atoms with Gasteiger partial charge in [-0.1, -0.05) is 59.2 Å². The number of aliphatic carboxylic acids is 1. The molecule has 1 aromatic rings. The molecule has 4 fully saturated rings. The molecular formula is C38H50O7. The Morgan fingerprint density at radius 3 is 2.11 bits per heavy atom. The number of rotatable bonds is 4. The van der Waals surface area contributed by atoms with Gasteiger partial charge in [0.2, 0.25) is 0 Å². The van der Waals surface area contributed by atoms with Gasteiger partial charge in [0.15, 0.2) is 5.78 Å². The monoisotopic (exact) mass is 618 g/mol. The Kier molecular flexibility index (Phi) is 7.12. The van der Waals surface area contributed by atoms with Crippen LogP contribution < -0.4 is 0 Å². The second kappa shape index (κ2) is 10.0. The topological polar surface area (TPSA) is 118 Å². The zero-order chi connectivity index (χ0) is 33.0. The Balaban J connectivity index is 1.33. The molecular weight excluding hydrogens is 568 g/mol. The summed E-state index contributed by atoms with van der Waals surface area (Å²) in [6, 6.07) is 6.17. The van der Waals surface area contributed by atoms with Crippen LogP contribution in [0.1, 0.15) is 127 Å². The minimum absolute atomic E-state index is 0.00800. The lowest BCUT2D eigenvalue weighted by atomic mass is 9.33. The molecule has 0 aromatic heterocycles. The fraction of sp³-hybridized carbons (Fsp3) is 0.684. The maximum absolute atomic E-state index is 14.6. The number of ether oxygens (including phenoxy) is 1. The summed E-state index contributed by atoms with van der Waals surface area (Å²) in [5.74, 6) is -2.29. The van der Waals surface area contributed by atoms with Crippen molar-refractivity contribution < 1.29 is 34.1 Å². The number of carboxylic acids is 2. The first-order chi connectivity index (χ1) is 20.8. The average molecular weight is 619 g/mol. The molecule has 2 N–H and O–H groups in total. The van der Waals surface area contributed by atoms with Crippen molar-refractivity contribution in [3.63, 3.8) is 0 Å². The molecule has 0 radical (unpaired) electrons. The molecule has 1 aromatic carbocycles. The third kappa shape index (κ3) is 4.34. The van der Waals surface area contributed by atoms with Gasteiger partial charge in [0.1, 0.15) is 6.10 Å². The smallest absolute Gasteiger partial charge is 0.339 e. The first kappa shape index (κ1) is 32.0. The molecule has 45 heavy (non-hydrogen) atoms. The maximum Gasteiger partial charge on any atom is 0.339 e. The second-order valence-corrected chi connectivity index (χ2v) is 17.2. The molecule has 7 heteroatoms. The summed E-state index contributed by atoms with van der Waals surface area (Å²) < 4.78 is 6.13. The minimum Gasteiger partial charge on any atom is -0.481 e. The Morgan fingerprint density at radius 2 is 1.47 bits per heavy atom. The number of hydrogen-bond donors (Lipinski definition) is 2. The lowest BCUT2D eigenvalue weighted by molar-refractivity contribution is -0.202. The molecule has 0 saturated heterocycles. The van der Waals surface area contributed by atoms with E-state index in [1.807, 2.05) is 13.0 Å². The third-order valence-electron chi connectivity index (χ3n) is 14.7. The van der Waals surface area contributed by atoms with Crippen molar-refractivity contribution in [2.24, 2.45) is 50.2 Å². The molecule has 0 amide bonds. The molecule has 0 spiro atoms. The van der Waals surface area contributed by atoms with E-state index in [0.29, 0.717) is 19.3 Å². The fourth-order valence-corrected chi connectivity index (χ4v) is 11.6. The van der Waals surface area contributed by atoms with Crippen LogP contribution in [0, 0.1) is 50.2 Å². The van der Waals surface area contributed by atoms with Crippen LogP contribution in [0.5, 0.6) is 0 Å². The van der Waals surface area contributed by atoms with E-state index in [0.717, 1.165) is 38.5 Å². The molecule has 9 atom stereocenters. The van der Waals surface area contributed by atoms with E-state index in [1.165, 1.54) is 17.7 Å². The highest BCUT2D eigenvalue weighted by Crippen LogP contribution is 2.75. The van der Waals surface area contributed by atoms with E-state index in [4.69, 9.17) is 4.74 Å². The fourth-order valence-electron chi connectivity index (χ4n) is 11.6. The lowest BCUT2D eigenvalue weighted by Gasteiger charge is -2.70. The Morgan fingerprint density at radius 1 is 0.822 bits per heavy atom. The SMILES string of the molecule is CC1(C)[C@@H](OC(=O)c2ccccc2C(=O)O)CC[C@]2(C)[C@H]3C(=O)C=C4C5C[C@@](C)(C(=O)O)CC[C@]5(C)CC[C@@]4(C)[C@]3(C)CC[C@@H]12. The Hall–Kier alpha value is -2.96. The summed E-state index contributed by atoms with van der Waals surface area (Å²) >= 11 is 0. The van der Waals surface area contributed by atoms with Crippen molar-refractivity contribution >= 4 is 23.7 Å². The van der Waals surface area contributed by atoms with E-state index < -0.39 is 34.8 Å². The summed E-state index contributed by atoms with van der Waals surface area (Å²) in [4.78, 5) is 52.1. The summed E-state index contributed by atoms with van der Waals surface area (Å²) in [5, 5.41) is 19.8. The van der Waals surface area contributed by atoms with Gasteiger partial charge in [-0.2, -0.15) is 0 Å². The van der Waals surface area contributed by atoms with Crippen LogP contribution in [0.15, 0.2) is 35.9 Å². The minimum atomic E-state index is -1.16. The number of hydrogen-bond acceptors (Lipinski definition) is 5. The number of carbonyl (C=O) groups is 4. The van der Waals surface area contributed by atoms with Crippen LogP contribution in [0.3, 0.4) is 0 Å². The number of esters is 1. The second-order valence-electron chi connectivity index (χ2n) is 17.2. The highest BCUT2D eigenvalue weighted by molar-refractivity contribution is 6.02. The summed E-state index contributed by atoms with van der Waals surface area (Å²) in [6.07, 6.45) is 8.86. The molecule has 4 saturated carbocycles. The van der Waals surface area contributed by atoms with Gasteiger partial charge in [0.05, 0.1) is 16.5 Å². The standard InChI is InChI=1S/C38H50O7/c1-33(2)27-12-15-38(7)29(36(27,5)14-13-28(33)45-31(42)23-11-9-8-10-22(23)30(40)41)26(39)20-24-25-21-35(4,32(43)44)17-16-34(25,3)18-19-37(24,38)6/h8-11,20,25,27-29H,12-19,21H2,1-7H3,(H,40,41)(H,43,44)/t25?,27-,28-,29+,34+,35-,36-,37+,38+/m0/s1. The zero-order valence-electron chi connectivity index (χ0n) is 28.0. The van der Waals surface area contributed by atoms with E-state index in [2.05, 4.69) is 41.5 Å². The predicted molar refractivity (Wildman–Crippen MR) is 170 cm³/mol. The molecule has 5 aliphatic carbocycles. The van der Waals surface area contributed by atoms with Gasteiger partial charge >= 0.3 is 17.9 Å². The highest BCUT2D eigenvalue weighted by Gasteiger charge is 2.70. The van der Waals surface area contributed by atoms with Gasteiger partial charge in [0, 0.05) is 11.3 Å². The molecule has 244 valence electrons. The number of carbonyl (C=O) groups excluding carboxylic acids is 2. The van der Waals surface area contributed by atoms with E-state index >= 15 is 0 Å². The first-order valence-corrected chi connectivity index (χ1v) is 16.9. The summed E-state index contributed by atoms with van der Waals surface area (Å²) in [6.45, 7) is 15.5. The first-order valence-electron chi connectivity index (χ1n) is 16.9. The van der Waals surface area contributed by atoms with Crippen molar-refractivity contribution in [1.29, 1.82) is 0 Å². The number of allylic oxidation sites excluding steroid dienone is 2. The van der Waals surface area contributed by atoms with Gasteiger partial charge in [0.25, 0.3) is 0 Å². The van der Waals surface area contributed by atoms with Crippen LogP contribution in [0.2, 0.25) is 0 Å². The molecule has 7 nitrogen and oxygen atoms in total. The predicted octanol–water partition coefficient (Wildman–Crippen LogP) is 7.98. The largest absolute Gasteiger partial charge is 0.481 e. The quantitative estimate of drug-likeness (QED) is 0.329. The van der Waals surface area contributed by atoms with Crippen molar-refractivity contribution in [3.05, 3.63) is 47.0 Å². The normalized spacial score (nSPS) is 43.4. The van der Waals surface area contributed by atoms with E-state index in [9.17, 15) is 29.4 Å². The van der Waals surface area contributed by atoms with Crippen LogP contribution in [-0.2, 0) is 14.3 Å². The van der Waals surface area contributed by atoms with Crippen molar-refractivity contribution in [1.82, 2.24) is 0 Å². The number of carboxylic acid groups (broad SMARTS) is 2. The van der Waals surface area contributed by atoms with Crippen LogP contribution in [-0.4, -0.2) is 40.0 Å². The van der Waals surface area contributed by atoms with Gasteiger partial charge in [-0.25, -0.2) is 9.59 Å². The Labute approximate surface area is 267 Å². The zero-order valence-corrected chi connectivity index (χ0v) is 28.0. The van der Waals surface area contributed by atoms with Crippen molar-refractivity contribution in [3.8, 4) is 0 Å². The van der Waals surface area contributed by atoms with E-state index in [-0.39, 0.29) is 56.3 Å². The molecule has 1 unspecified atom stereocenters. The highest BCUT2D eigenvalue weighted by atomic mass is 16.5. The van der Waals surface area contributed by atoms with Gasteiger partial charge in [-0.15, -0.1) is 0 Å². The number of ketones is 1. The van der Waals surface area contributed by atoms with Gasteiger partial charge in [-0.05, 0) is 116 Å². The third-order valence-corrected chi connectivity index (χ3v) is 14.7. The number of benzene rings is 1. The van der Waals surface area contributed by atoms with Gasteiger partial charge in [-0.3, -0.25) is 9.59 Å². The summed E-state index contributed by atoms with van der Waals surface area (Å²) in [5.41, 5.74) is -0.770. The van der Waals surface area contributed by atoms with Crippen LogP contribution in [0.25, 0.3) is 0 Å². The van der Waals surface area contributed by atoms with Crippen molar-refractivity contribution in [2.75, 3.05) is 0 Å².